The van der Waals surface area contributed by atoms with E-state index in [1.807, 2.05) is 13.8 Å². The molecule has 1 amide bonds. The molecule has 2 aliphatic rings. The van der Waals surface area contributed by atoms with Crippen molar-refractivity contribution >= 4 is 23.8 Å². The van der Waals surface area contributed by atoms with Gasteiger partial charge in [0.1, 0.15) is 5.78 Å². The largest absolute Gasteiger partial charge is 0.321 e. The summed E-state index contributed by atoms with van der Waals surface area (Å²) in [4.78, 5) is 52.0. The van der Waals surface area contributed by atoms with Gasteiger partial charge in [0.05, 0.1) is 12.0 Å². The van der Waals surface area contributed by atoms with Crippen LogP contribution in [0.25, 0.3) is 0 Å². The van der Waals surface area contributed by atoms with Crippen LogP contribution < -0.4 is 5.73 Å². The molecule has 1 aliphatic heterocycles. The van der Waals surface area contributed by atoms with E-state index in [-0.39, 0.29) is 30.4 Å². The standard InChI is InChI=1S/C19H30N2O4/c1-4-5-6-7-13-10-15(23)14-8-9-21(18(25)16(20)12(2)3)19(14,11-22)17(13)24/h11-14,16H,4-10,20H2,1-3H3/t13?,14?,16-,19+/m0/s1. The van der Waals surface area contributed by atoms with Gasteiger partial charge in [-0.05, 0) is 18.8 Å². The SMILES string of the molecule is CCCCCC1CC(=O)C2CCN(C(=O)[C@@H](N)C(C)C)[C@@]2(C=O)C1=O. The van der Waals surface area contributed by atoms with E-state index >= 15 is 0 Å². The van der Waals surface area contributed by atoms with Gasteiger partial charge in [-0.15, -0.1) is 0 Å². The summed E-state index contributed by atoms with van der Waals surface area (Å²) in [5, 5.41) is 0. The molecule has 0 bridgehead atoms. The summed E-state index contributed by atoms with van der Waals surface area (Å²) in [7, 11) is 0. The zero-order valence-corrected chi connectivity index (χ0v) is 15.5. The van der Waals surface area contributed by atoms with Crippen molar-refractivity contribution in [2.24, 2.45) is 23.5 Å². The van der Waals surface area contributed by atoms with Crippen molar-refractivity contribution in [3.63, 3.8) is 0 Å². The Balaban J connectivity index is 2.34. The number of fused-ring (bicyclic) bond motifs is 1. The van der Waals surface area contributed by atoms with Crippen LogP contribution in [0, 0.1) is 17.8 Å². The maximum absolute atomic E-state index is 13.2. The smallest absolute Gasteiger partial charge is 0.240 e. The summed E-state index contributed by atoms with van der Waals surface area (Å²) in [6.45, 7) is 5.96. The number of hydrogen-bond donors (Lipinski definition) is 1. The van der Waals surface area contributed by atoms with Crippen molar-refractivity contribution in [3.8, 4) is 0 Å². The summed E-state index contributed by atoms with van der Waals surface area (Å²) >= 11 is 0. The highest BCUT2D eigenvalue weighted by molar-refractivity contribution is 6.15. The van der Waals surface area contributed by atoms with Crippen LogP contribution in [-0.2, 0) is 19.2 Å². The number of aldehydes is 1. The van der Waals surface area contributed by atoms with Crippen molar-refractivity contribution in [3.05, 3.63) is 0 Å². The minimum atomic E-state index is -1.63. The van der Waals surface area contributed by atoms with Crippen molar-refractivity contribution in [1.82, 2.24) is 4.90 Å². The van der Waals surface area contributed by atoms with Gasteiger partial charge in [0, 0.05) is 18.9 Å². The minimum absolute atomic E-state index is 0.0679. The van der Waals surface area contributed by atoms with E-state index in [0.29, 0.717) is 19.1 Å². The molecule has 6 heteroatoms. The van der Waals surface area contributed by atoms with Gasteiger partial charge in [0.2, 0.25) is 5.91 Å². The summed E-state index contributed by atoms with van der Waals surface area (Å²) < 4.78 is 0. The fourth-order valence-corrected chi connectivity index (χ4v) is 4.20. The molecular formula is C19H30N2O4. The van der Waals surface area contributed by atoms with Crippen molar-refractivity contribution < 1.29 is 19.2 Å². The summed E-state index contributed by atoms with van der Waals surface area (Å²) in [6.07, 6.45) is 4.54. The second kappa shape index (κ2) is 7.77. The topological polar surface area (TPSA) is 97.5 Å². The first kappa shape index (κ1) is 19.8. The van der Waals surface area contributed by atoms with Crippen LogP contribution in [0.4, 0.5) is 0 Å². The monoisotopic (exact) mass is 350 g/mol. The first-order chi connectivity index (χ1) is 11.8. The predicted molar refractivity (Wildman–Crippen MR) is 93.7 cm³/mol. The highest BCUT2D eigenvalue weighted by Gasteiger charge is 2.63. The fraction of sp³-hybridized carbons (Fsp3) is 0.789. The Hall–Kier alpha value is -1.56. The highest BCUT2D eigenvalue weighted by atomic mass is 16.2. The number of hydrogen-bond acceptors (Lipinski definition) is 5. The number of unbranched alkanes of at least 4 members (excludes halogenated alkanes) is 2. The molecule has 1 saturated heterocycles. The van der Waals surface area contributed by atoms with Gasteiger partial charge in [-0.25, -0.2) is 0 Å². The van der Waals surface area contributed by atoms with Crippen LogP contribution in [0.5, 0.6) is 0 Å². The lowest BCUT2D eigenvalue weighted by Crippen LogP contribution is -2.66. The molecule has 1 heterocycles. The minimum Gasteiger partial charge on any atom is -0.321 e. The number of rotatable bonds is 7. The Morgan fingerprint density at radius 2 is 2.04 bits per heavy atom. The molecule has 140 valence electrons. The molecule has 1 aliphatic carbocycles. The summed E-state index contributed by atoms with van der Waals surface area (Å²) in [6, 6.07) is -0.779. The first-order valence-electron chi connectivity index (χ1n) is 9.41. The summed E-state index contributed by atoms with van der Waals surface area (Å²) in [5.41, 5.74) is 4.36. The van der Waals surface area contributed by atoms with Crippen molar-refractivity contribution in [1.29, 1.82) is 0 Å². The van der Waals surface area contributed by atoms with E-state index in [2.05, 4.69) is 6.92 Å². The van der Waals surface area contributed by atoms with E-state index < -0.39 is 29.3 Å². The number of carbonyl (C=O) groups is 4. The van der Waals surface area contributed by atoms with E-state index in [1.165, 1.54) is 4.90 Å². The third-order valence-corrected chi connectivity index (χ3v) is 5.83. The third-order valence-electron chi connectivity index (χ3n) is 5.83. The van der Waals surface area contributed by atoms with E-state index in [1.54, 1.807) is 0 Å². The maximum Gasteiger partial charge on any atom is 0.240 e. The Morgan fingerprint density at radius 1 is 1.36 bits per heavy atom. The Bertz CT molecular complexity index is 560. The van der Waals surface area contributed by atoms with Gasteiger partial charge < -0.3 is 15.4 Å². The van der Waals surface area contributed by atoms with Crippen molar-refractivity contribution in [2.75, 3.05) is 6.54 Å². The van der Waals surface area contributed by atoms with Gasteiger partial charge in [0.25, 0.3) is 0 Å². The average molecular weight is 350 g/mol. The predicted octanol–water partition coefficient (Wildman–Crippen LogP) is 1.49. The van der Waals surface area contributed by atoms with Gasteiger partial charge in [0.15, 0.2) is 17.6 Å². The van der Waals surface area contributed by atoms with Gasteiger partial charge in [-0.3, -0.25) is 14.4 Å². The number of amides is 1. The summed E-state index contributed by atoms with van der Waals surface area (Å²) in [5.74, 6) is -2.01. The molecule has 2 fully saturated rings. The van der Waals surface area contributed by atoms with Crippen LogP contribution in [0.1, 0.15) is 59.3 Å². The number of ketones is 2. The zero-order chi connectivity index (χ0) is 18.8. The molecule has 1 saturated carbocycles. The second-order valence-electron chi connectivity index (χ2n) is 7.77. The molecule has 0 aromatic rings. The van der Waals surface area contributed by atoms with E-state index in [0.717, 1.165) is 19.3 Å². The molecule has 2 rings (SSSR count). The number of carbonyl (C=O) groups excluding carboxylic acids is 4. The van der Waals surface area contributed by atoms with E-state index in [4.69, 9.17) is 5.73 Å². The molecular weight excluding hydrogens is 320 g/mol. The Morgan fingerprint density at radius 3 is 2.60 bits per heavy atom. The van der Waals surface area contributed by atoms with Crippen LogP contribution in [-0.4, -0.2) is 46.8 Å². The second-order valence-corrected chi connectivity index (χ2v) is 7.77. The van der Waals surface area contributed by atoms with E-state index in [9.17, 15) is 19.2 Å². The molecule has 0 spiro atoms. The van der Waals surface area contributed by atoms with Crippen LogP contribution in [0.15, 0.2) is 0 Å². The first-order valence-corrected chi connectivity index (χ1v) is 9.41. The zero-order valence-electron chi connectivity index (χ0n) is 15.5. The van der Waals surface area contributed by atoms with Gasteiger partial charge >= 0.3 is 0 Å². The van der Waals surface area contributed by atoms with Crippen molar-refractivity contribution in [2.45, 2.75) is 70.9 Å². The number of likely N-dealkylation sites (tertiary alicyclic amines) is 1. The Kier molecular flexibility index (Phi) is 6.14. The Labute approximate surface area is 149 Å². The fourth-order valence-electron chi connectivity index (χ4n) is 4.20. The molecule has 2 unspecified atom stereocenters. The quantitative estimate of drug-likeness (QED) is 0.426. The molecule has 4 atom stereocenters. The number of Topliss-reactive ketones (excluding diaryl/α,β-unsaturated/α-hetero) is 2. The molecule has 0 radical (unpaired) electrons. The molecule has 6 nitrogen and oxygen atoms in total. The van der Waals surface area contributed by atoms with Gasteiger partial charge in [-0.2, -0.15) is 0 Å². The van der Waals surface area contributed by atoms with Crippen LogP contribution >= 0.6 is 0 Å². The van der Waals surface area contributed by atoms with Gasteiger partial charge in [-0.1, -0.05) is 40.0 Å². The lowest BCUT2D eigenvalue weighted by Gasteiger charge is -2.42. The van der Waals surface area contributed by atoms with Crippen LogP contribution in [0.2, 0.25) is 0 Å². The molecule has 0 aromatic heterocycles. The molecule has 2 N–H and O–H groups in total. The molecule has 0 aromatic carbocycles. The third kappa shape index (κ3) is 3.28. The normalized spacial score (nSPS) is 30.5. The maximum atomic E-state index is 13.2. The number of nitrogens with two attached hydrogens (primary N) is 1. The molecule has 25 heavy (non-hydrogen) atoms. The van der Waals surface area contributed by atoms with Crippen LogP contribution in [0.3, 0.4) is 0 Å². The lowest BCUT2D eigenvalue weighted by molar-refractivity contribution is -0.158. The average Bonchev–Trinajstić information content (AvgIpc) is 2.99. The highest BCUT2D eigenvalue weighted by Crippen LogP contribution is 2.44. The number of nitrogens with zero attached hydrogens (tertiary/aromatic N) is 1. The lowest BCUT2D eigenvalue weighted by atomic mass is 9.66.